The second kappa shape index (κ2) is 11.7. The summed E-state index contributed by atoms with van der Waals surface area (Å²) in [6.07, 6.45) is 4.37. The Morgan fingerprint density at radius 1 is 1.11 bits per heavy atom. The van der Waals surface area contributed by atoms with Crippen LogP contribution in [0.3, 0.4) is 0 Å². The first-order valence-electron chi connectivity index (χ1n) is 12.1. The first kappa shape index (κ1) is 25.2. The predicted octanol–water partition coefficient (Wildman–Crippen LogP) is 4.69. The molecule has 7 nitrogen and oxygen atoms in total. The average molecular weight is 498 g/mol. The first-order chi connectivity index (χ1) is 17.0. The Bertz CT molecular complexity index is 1080. The number of carbonyl (C=O) groups is 2. The van der Waals surface area contributed by atoms with E-state index in [-0.39, 0.29) is 30.3 Å². The van der Waals surface area contributed by atoms with Crippen LogP contribution in [0.1, 0.15) is 49.3 Å². The van der Waals surface area contributed by atoms with Crippen molar-refractivity contribution >= 4 is 29.1 Å². The molecule has 0 spiro atoms. The van der Waals surface area contributed by atoms with Crippen LogP contribution in [-0.2, 0) is 14.3 Å². The van der Waals surface area contributed by atoms with E-state index < -0.39 is 0 Å². The van der Waals surface area contributed by atoms with Crippen LogP contribution in [0.25, 0.3) is 0 Å². The van der Waals surface area contributed by atoms with Crippen molar-refractivity contribution in [3.8, 4) is 5.75 Å². The summed E-state index contributed by atoms with van der Waals surface area (Å²) < 4.78 is 10.6. The number of nitrogens with zero attached hydrogens (tertiary/aromatic N) is 3. The Hall–Kier alpha value is -2.90. The fourth-order valence-electron chi connectivity index (χ4n) is 4.84. The van der Waals surface area contributed by atoms with Gasteiger partial charge in [-0.2, -0.15) is 5.10 Å². The molecule has 0 radical (unpaired) electrons. The molecule has 0 saturated heterocycles. The number of hydrogen-bond donors (Lipinski definition) is 0. The second-order valence-corrected chi connectivity index (χ2v) is 9.40. The minimum Gasteiger partial charge on any atom is -0.497 e. The highest BCUT2D eigenvalue weighted by molar-refractivity contribution is 6.31. The molecule has 0 bridgehead atoms. The maximum Gasteiger partial charge on any atom is 0.262 e. The van der Waals surface area contributed by atoms with Crippen molar-refractivity contribution in [1.29, 1.82) is 0 Å². The zero-order chi connectivity index (χ0) is 24.8. The van der Waals surface area contributed by atoms with Gasteiger partial charge < -0.3 is 14.4 Å². The standard InChI is InChI=1S/C27H32ClN3O4/c1-34-15-14-30(27(33)19-8-3-4-9-19)18-26(32)31-25(22-12-5-6-13-23(22)28)17-24(29-31)20-10-7-11-21(16-20)35-2/h5-7,10-13,16,19,25H,3-4,8-9,14-15,17-18H2,1-2H3. The second-order valence-electron chi connectivity index (χ2n) is 8.99. The molecule has 1 saturated carbocycles. The van der Waals surface area contributed by atoms with Gasteiger partial charge in [-0.25, -0.2) is 5.01 Å². The molecule has 4 rings (SSSR count). The normalized spacial score (nSPS) is 18.0. The maximum absolute atomic E-state index is 13.6. The Morgan fingerprint density at radius 2 is 1.89 bits per heavy atom. The summed E-state index contributed by atoms with van der Waals surface area (Å²) in [5, 5.41) is 6.82. The van der Waals surface area contributed by atoms with Crippen LogP contribution in [0.15, 0.2) is 53.6 Å². The molecule has 2 amide bonds. The van der Waals surface area contributed by atoms with Gasteiger partial charge in [-0.15, -0.1) is 0 Å². The van der Waals surface area contributed by atoms with Gasteiger partial charge in [0.25, 0.3) is 5.91 Å². The monoisotopic (exact) mass is 497 g/mol. The lowest BCUT2D eigenvalue weighted by molar-refractivity contribution is -0.144. The molecular weight excluding hydrogens is 466 g/mol. The van der Waals surface area contributed by atoms with Gasteiger partial charge in [0.05, 0.1) is 25.5 Å². The van der Waals surface area contributed by atoms with Crippen molar-refractivity contribution in [2.75, 3.05) is 33.9 Å². The Balaban J connectivity index is 1.62. The highest BCUT2D eigenvalue weighted by atomic mass is 35.5. The smallest absolute Gasteiger partial charge is 0.262 e. The quantitative estimate of drug-likeness (QED) is 0.504. The topological polar surface area (TPSA) is 71.4 Å². The molecule has 0 aromatic heterocycles. The van der Waals surface area contributed by atoms with Crippen LogP contribution < -0.4 is 4.74 Å². The predicted molar refractivity (Wildman–Crippen MR) is 136 cm³/mol. The summed E-state index contributed by atoms with van der Waals surface area (Å²) in [5.74, 6) is 0.485. The zero-order valence-electron chi connectivity index (χ0n) is 20.3. The number of ether oxygens (including phenoxy) is 2. The van der Waals surface area contributed by atoms with Gasteiger partial charge >= 0.3 is 0 Å². The number of hydrogen-bond acceptors (Lipinski definition) is 5. The Morgan fingerprint density at radius 3 is 2.60 bits per heavy atom. The average Bonchev–Trinajstić information content (AvgIpc) is 3.57. The molecule has 1 unspecified atom stereocenters. The van der Waals surface area contributed by atoms with E-state index >= 15 is 0 Å². The summed E-state index contributed by atoms with van der Waals surface area (Å²) in [5.41, 5.74) is 2.48. The number of amides is 2. The van der Waals surface area contributed by atoms with Gasteiger partial charge in [-0.3, -0.25) is 9.59 Å². The van der Waals surface area contributed by atoms with Crippen molar-refractivity contribution < 1.29 is 19.1 Å². The Labute approximate surface area is 211 Å². The van der Waals surface area contributed by atoms with Crippen molar-refractivity contribution in [3.63, 3.8) is 0 Å². The summed E-state index contributed by atoms with van der Waals surface area (Å²) in [6.45, 7) is 0.696. The van der Waals surface area contributed by atoms with Crippen LogP contribution >= 0.6 is 11.6 Å². The van der Waals surface area contributed by atoms with Crippen LogP contribution in [0.5, 0.6) is 5.75 Å². The minimum absolute atomic E-state index is 0.0200. The van der Waals surface area contributed by atoms with Crippen molar-refractivity contribution in [2.24, 2.45) is 11.0 Å². The third-order valence-electron chi connectivity index (χ3n) is 6.74. The van der Waals surface area contributed by atoms with Gasteiger partial charge in [0, 0.05) is 36.6 Å². The number of carbonyl (C=O) groups excluding carboxylic acids is 2. The van der Waals surface area contributed by atoms with E-state index in [1.54, 1.807) is 19.1 Å². The van der Waals surface area contributed by atoms with E-state index in [2.05, 4.69) is 0 Å². The Kier molecular flexibility index (Phi) is 8.42. The van der Waals surface area contributed by atoms with Gasteiger partial charge in [0.1, 0.15) is 12.3 Å². The van der Waals surface area contributed by atoms with Crippen LogP contribution in [0, 0.1) is 5.92 Å². The maximum atomic E-state index is 13.6. The molecule has 1 aliphatic heterocycles. The lowest BCUT2D eigenvalue weighted by Crippen LogP contribution is -2.44. The van der Waals surface area contributed by atoms with Gasteiger partial charge in [-0.1, -0.05) is 54.8 Å². The number of halogens is 1. The van der Waals surface area contributed by atoms with Gasteiger partial charge in [-0.05, 0) is 36.6 Å². The largest absolute Gasteiger partial charge is 0.497 e. The molecule has 35 heavy (non-hydrogen) atoms. The highest BCUT2D eigenvalue weighted by Crippen LogP contribution is 2.37. The third kappa shape index (κ3) is 5.85. The third-order valence-corrected chi connectivity index (χ3v) is 7.08. The first-order valence-corrected chi connectivity index (χ1v) is 12.5. The van der Waals surface area contributed by atoms with E-state index in [9.17, 15) is 9.59 Å². The summed E-state index contributed by atoms with van der Waals surface area (Å²) in [7, 11) is 3.21. The minimum atomic E-state index is -0.358. The van der Waals surface area contributed by atoms with E-state index in [1.807, 2.05) is 48.5 Å². The van der Waals surface area contributed by atoms with E-state index in [4.69, 9.17) is 26.2 Å². The van der Waals surface area contributed by atoms with Crippen LogP contribution in [0.2, 0.25) is 5.02 Å². The summed E-state index contributed by atoms with van der Waals surface area (Å²) in [6, 6.07) is 14.8. The molecule has 0 N–H and O–H groups in total. The van der Waals surface area contributed by atoms with Gasteiger partial charge in [0.15, 0.2) is 0 Å². The van der Waals surface area contributed by atoms with Crippen LogP contribution in [0.4, 0.5) is 0 Å². The zero-order valence-corrected chi connectivity index (χ0v) is 21.0. The van der Waals surface area contributed by atoms with E-state index in [0.717, 1.165) is 48.3 Å². The molecule has 1 atom stereocenters. The van der Waals surface area contributed by atoms with Gasteiger partial charge in [0.2, 0.25) is 5.91 Å². The van der Waals surface area contributed by atoms with E-state index in [0.29, 0.717) is 24.6 Å². The molecule has 1 heterocycles. The molecule has 1 aliphatic carbocycles. The number of hydrazone groups is 1. The van der Waals surface area contributed by atoms with Crippen molar-refractivity contribution in [3.05, 3.63) is 64.7 Å². The molecule has 2 aromatic carbocycles. The summed E-state index contributed by atoms with van der Waals surface area (Å²) in [4.78, 5) is 28.5. The van der Waals surface area contributed by atoms with Crippen molar-refractivity contribution in [1.82, 2.24) is 9.91 Å². The molecular formula is C27H32ClN3O4. The fourth-order valence-corrected chi connectivity index (χ4v) is 5.10. The van der Waals surface area contributed by atoms with E-state index in [1.165, 1.54) is 5.01 Å². The number of methoxy groups -OCH3 is 2. The fraction of sp³-hybridized carbons (Fsp3) is 0.444. The molecule has 2 aromatic rings. The van der Waals surface area contributed by atoms with Crippen LogP contribution in [-0.4, -0.2) is 61.4 Å². The lowest BCUT2D eigenvalue weighted by Gasteiger charge is -2.28. The molecule has 8 heteroatoms. The molecule has 2 aliphatic rings. The number of benzene rings is 2. The molecule has 1 fully saturated rings. The van der Waals surface area contributed by atoms with Crippen molar-refractivity contribution in [2.45, 2.75) is 38.1 Å². The number of rotatable bonds is 9. The molecule has 186 valence electrons. The summed E-state index contributed by atoms with van der Waals surface area (Å²) >= 11 is 6.54. The lowest BCUT2D eigenvalue weighted by atomic mass is 9.98. The SMILES string of the molecule is COCCN(CC(=O)N1N=C(c2cccc(OC)c2)CC1c1ccccc1Cl)C(=O)C1CCCC1. The highest BCUT2D eigenvalue weighted by Gasteiger charge is 2.36.